The summed E-state index contributed by atoms with van der Waals surface area (Å²) in [5.74, 6) is -0.544. The molecule has 6 nitrogen and oxygen atoms in total. The lowest BCUT2D eigenvalue weighted by Crippen LogP contribution is -2.33. The maximum atomic E-state index is 10.5. The van der Waals surface area contributed by atoms with Crippen molar-refractivity contribution in [2.75, 3.05) is 0 Å². The van der Waals surface area contributed by atoms with Gasteiger partial charge in [0, 0.05) is 0 Å². The summed E-state index contributed by atoms with van der Waals surface area (Å²) in [7, 11) is 0. The van der Waals surface area contributed by atoms with Crippen LogP contribution in [0.1, 0.15) is 6.42 Å². The molecule has 0 aromatic carbocycles. The number of carbonyl (C=O) groups excluding carboxylic acids is 2. The first-order valence-corrected chi connectivity index (χ1v) is 3.04. The molecule has 1 saturated heterocycles. The summed E-state index contributed by atoms with van der Waals surface area (Å²) in [4.78, 5) is 20.9. The monoisotopic (exact) mass is 156 g/mol. The molecule has 1 aliphatic heterocycles. The van der Waals surface area contributed by atoms with Gasteiger partial charge in [0.2, 0.25) is 5.91 Å². The van der Waals surface area contributed by atoms with Gasteiger partial charge in [-0.2, -0.15) is 0 Å². The molecule has 1 atom stereocenters. The summed E-state index contributed by atoms with van der Waals surface area (Å²) in [6.45, 7) is 0. The number of carbonyl (C=O) groups is 2. The lowest BCUT2D eigenvalue weighted by Gasteiger charge is -2.03. The molecule has 6 heteroatoms. The lowest BCUT2D eigenvalue weighted by atomic mass is 10.2. The van der Waals surface area contributed by atoms with E-state index in [0.29, 0.717) is 0 Å². The molecule has 60 valence electrons. The molecule has 0 bridgehead atoms. The van der Waals surface area contributed by atoms with Crippen molar-refractivity contribution < 1.29 is 9.59 Å². The van der Waals surface area contributed by atoms with E-state index in [0.717, 1.165) is 0 Å². The number of amidine groups is 1. The number of nitrogens with two attached hydrogens (primary N) is 1. The Kier molecular flexibility index (Phi) is 1.75. The Labute approximate surface area is 62.6 Å². The summed E-state index contributed by atoms with van der Waals surface area (Å²) in [5, 5.41) is 11.7. The first-order valence-electron chi connectivity index (χ1n) is 3.04. The second-order valence-corrected chi connectivity index (χ2v) is 2.24. The van der Waals surface area contributed by atoms with Crippen LogP contribution in [0.5, 0.6) is 0 Å². The van der Waals surface area contributed by atoms with Crippen LogP contribution in [-0.2, 0) is 4.79 Å². The predicted molar refractivity (Wildman–Crippen MR) is 37.0 cm³/mol. The highest BCUT2D eigenvalue weighted by molar-refractivity contribution is 6.06. The molecule has 0 spiro atoms. The minimum atomic E-state index is -0.569. The molecule has 0 aromatic heterocycles. The Bertz CT molecular complexity index is 225. The Morgan fingerprint density at radius 2 is 2.36 bits per heavy atom. The number of urea groups is 1. The summed E-state index contributed by atoms with van der Waals surface area (Å²) in [6, 6.07) is -1.03. The van der Waals surface area contributed by atoms with Crippen molar-refractivity contribution in [3.05, 3.63) is 0 Å². The van der Waals surface area contributed by atoms with Gasteiger partial charge in [-0.05, 0) is 0 Å². The number of nitrogens with one attached hydrogen (secondary N) is 3. The second-order valence-electron chi connectivity index (χ2n) is 2.24. The van der Waals surface area contributed by atoms with Crippen molar-refractivity contribution in [2.45, 2.75) is 12.5 Å². The molecule has 0 aromatic rings. The first-order chi connectivity index (χ1) is 5.09. The van der Waals surface area contributed by atoms with Crippen LogP contribution >= 0.6 is 0 Å². The van der Waals surface area contributed by atoms with Crippen LogP contribution in [0.15, 0.2) is 0 Å². The third-order valence-electron chi connectivity index (χ3n) is 1.31. The molecule has 0 aliphatic carbocycles. The minimum absolute atomic E-state index is 0.00574. The molecule has 11 heavy (non-hydrogen) atoms. The highest BCUT2D eigenvalue weighted by Gasteiger charge is 2.27. The van der Waals surface area contributed by atoms with Crippen LogP contribution in [0.2, 0.25) is 0 Å². The van der Waals surface area contributed by atoms with Crippen LogP contribution < -0.4 is 16.4 Å². The molecule has 1 aliphatic rings. The van der Waals surface area contributed by atoms with Gasteiger partial charge in [0.25, 0.3) is 0 Å². The van der Waals surface area contributed by atoms with Crippen molar-refractivity contribution in [2.24, 2.45) is 5.73 Å². The first kappa shape index (κ1) is 7.52. The molecular formula is C5H8N4O2. The van der Waals surface area contributed by atoms with Gasteiger partial charge in [-0.1, -0.05) is 0 Å². The summed E-state index contributed by atoms with van der Waals surface area (Å²) >= 11 is 0. The van der Waals surface area contributed by atoms with E-state index in [-0.39, 0.29) is 12.3 Å². The molecule has 5 N–H and O–H groups in total. The topological polar surface area (TPSA) is 108 Å². The number of hydrogen-bond donors (Lipinski definition) is 4. The van der Waals surface area contributed by atoms with Crippen molar-refractivity contribution in [1.82, 2.24) is 10.6 Å². The lowest BCUT2D eigenvalue weighted by molar-refractivity contribution is -0.118. The quantitative estimate of drug-likeness (QED) is 0.391. The smallest absolute Gasteiger partial charge is 0.320 e. The molecule has 1 fully saturated rings. The van der Waals surface area contributed by atoms with E-state index in [2.05, 4.69) is 10.6 Å². The van der Waals surface area contributed by atoms with Crippen molar-refractivity contribution >= 4 is 17.8 Å². The molecule has 0 radical (unpaired) electrons. The standard InChI is InChI=1S/C5H8N4O2/c6-3(10)1-2-4(7)9-5(11)8-2/h2H,1H2,(H2,6,10)(H3,7,8,9,11). The molecule has 1 rings (SSSR count). The summed E-state index contributed by atoms with van der Waals surface area (Å²) in [5.41, 5.74) is 4.87. The normalized spacial score (nSPS) is 22.7. The van der Waals surface area contributed by atoms with E-state index in [1.165, 1.54) is 0 Å². The van der Waals surface area contributed by atoms with E-state index < -0.39 is 18.0 Å². The molecule has 3 amide bonds. The molecule has 1 unspecified atom stereocenters. The van der Waals surface area contributed by atoms with Crippen molar-refractivity contribution in [3.8, 4) is 0 Å². The number of amides is 3. The predicted octanol–water partition coefficient (Wildman–Crippen LogP) is -1.48. The number of primary amides is 1. The Morgan fingerprint density at radius 3 is 2.73 bits per heavy atom. The maximum absolute atomic E-state index is 10.5. The van der Waals surface area contributed by atoms with Gasteiger partial charge in [0.15, 0.2) is 0 Å². The average Bonchev–Trinajstić information content (AvgIpc) is 2.09. The maximum Gasteiger partial charge on any atom is 0.320 e. The van der Waals surface area contributed by atoms with Crippen LogP contribution in [0.4, 0.5) is 4.79 Å². The summed E-state index contributed by atoms with van der Waals surface area (Å²) < 4.78 is 0. The number of rotatable bonds is 2. The van der Waals surface area contributed by atoms with E-state index in [4.69, 9.17) is 11.1 Å². The minimum Gasteiger partial charge on any atom is -0.370 e. The summed E-state index contributed by atoms with van der Waals surface area (Å²) in [6.07, 6.45) is -0.0302. The number of hydrogen-bond acceptors (Lipinski definition) is 3. The highest BCUT2D eigenvalue weighted by Crippen LogP contribution is 1.97. The van der Waals surface area contributed by atoms with Gasteiger partial charge >= 0.3 is 6.03 Å². The second kappa shape index (κ2) is 2.57. The average molecular weight is 156 g/mol. The van der Waals surface area contributed by atoms with Crippen molar-refractivity contribution in [1.29, 1.82) is 5.41 Å². The SMILES string of the molecule is N=C1NC(=O)NC1CC(N)=O. The third-order valence-corrected chi connectivity index (χ3v) is 1.31. The molecule has 0 saturated carbocycles. The van der Waals surface area contributed by atoms with Gasteiger partial charge in [-0.3, -0.25) is 15.5 Å². The fraction of sp³-hybridized carbons (Fsp3) is 0.400. The van der Waals surface area contributed by atoms with Crippen LogP contribution in [-0.4, -0.2) is 23.8 Å². The van der Waals surface area contributed by atoms with E-state index in [9.17, 15) is 9.59 Å². The van der Waals surface area contributed by atoms with Gasteiger partial charge in [0.05, 0.1) is 12.5 Å². The third kappa shape index (κ3) is 1.66. The van der Waals surface area contributed by atoms with Gasteiger partial charge in [-0.15, -0.1) is 0 Å². The molecule has 1 heterocycles. The van der Waals surface area contributed by atoms with Crippen LogP contribution in [0.3, 0.4) is 0 Å². The zero-order valence-corrected chi connectivity index (χ0v) is 5.68. The highest BCUT2D eigenvalue weighted by atomic mass is 16.2. The van der Waals surface area contributed by atoms with E-state index >= 15 is 0 Å². The van der Waals surface area contributed by atoms with Gasteiger partial charge in [-0.25, -0.2) is 4.79 Å². The van der Waals surface area contributed by atoms with Crippen LogP contribution in [0, 0.1) is 5.41 Å². The largest absolute Gasteiger partial charge is 0.370 e. The van der Waals surface area contributed by atoms with E-state index in [1.54, 1.807) is 0 Å². The van der Waals surface area contributed by atoms with Crippen molar-refractivity contribution in [3.63, 3.8) is 0 Å². The zero-order valence-electron chi connectivity index (χ0n) is 5.68. The fourth-order valence-electron chi connectivity index (χ4n) is 0.830. The van der Waals surface area contributed by atoms with Gasteiger partial charge in [0.1, 0.15) is 5.84 Å². The van der Waals surface area contributed by atoms with Gasteiger partial charge < -0.3 is 11.1 Å². The fourth-order valence-corrected chi connectivity index (χ4v) is 0.830. The Hall–Kier alpha value is -1.59. The van der Waals surface area contributed by atoms with Crippen LogP contribution in [0.25, 0.3) is 0 Å². The Balaban J connectivity index is 2.53. The van der Waals surface area contributed by atoms with E-state index in [1.807, 2.05) is 0 Å². The zero-order chi connectivity index (χ0) is 8.43. The Morgan fingerprint density at radius 1 is 1.73 bits per heavy atom. The molecular weight excluding hydrogens is 148 g/mol.